The highest BCUT2D eigenvalue weighted by molar-refractivity contribution is 6.02. The van der Waals surface area contributed by atoms with E-state index in [2.05, 4.69) is 5.32 Å². The summed E-state index contributed by atoms with van der Waals surface area (Å²) in [6.07, 6.45) is 4.06. The number of rotatable bonds is 11. The van der Waals surface area contributed by atoms with Crippen molar-refractivity contribution in [1.29, 1.82) is 5.26 Å². The first-order chi connectivity index (χ1) is 18.2. The molecule has 4 aromatic rings. The third-order valence-electron chi connectivity index (χ3n) is 5.62. The largest absolute Gasteiger partial charge is 0.489 e. The van der Waals surface area contributed by atoms with E-state index in [0.29, 0.717) is 37.4 Å². The highest BCUT2D eigenvalue weighted by atomic mass is 16.5. The van der Waals surface area contributed by atoms with Gasteiger partial charge in [-0.2, -0.15) is 10.4 Å². The maximum Gasteiger partial charge on any atom is 0.261 e. The van der Waals surface area contributed by atoms with E-state index < -0.39 is 5.91 Å². The van der Waals surface area contributed by atoms with E-state index in [1.165, 1.54) is 0 Å². The fourth-order valence-electron chi connectivity index (χ4n) is 3.70. The van der Waals surface area contributed by atoms with Crippen molar-refractivity contribution in [2.75, 3.05) is 20.3 Å². The zero-order valence-corrected chi connectivity index (χ0v) is 20.6. The summed E-state index contributed by atoms with van der Waals surface area (Å²) in [6, 6.07) is 29.3. The number of methoxy groups -OCH3 is 1. The first-order valence-corrected chi connectivity index (χ1v) is 12.0. The van der Waals surface area contributed by atoms with E-state index in [4.69, 9.17) is 14.6 Å². The number of aromatic nitrogens is 2. The van der Waals surface area contributed by atoms with Gasteiger partial charge in [-0.05, 0) is 54.5 Å². The Morgan fingerprint density at radius 3 is 2.41 bits per heavy atom. The molecule has 0 fully saturated rings. The van der Waals surface area contributed by atoms with Crippen molar-refractivity contribution in [2.24, 2.45) is 0 Å². The maximum absolute atomic E-state index is 12.6. The van der Waals surface area contributed by atoms with Crippen LogP contribution in [0.1, 0.15) is 17.5 Å². The van der Waals surface area contributed by atoms with E-state index in [0.717, 1.165) is 22.6 Å². The fraction of sp³-hybridized carbons (Fsp3) is 0.167. The summed E-state index contributed by atoms with van der Waals surface area (Å²) in [5, 5.41) is 17.2. The molecule has 0 atom stereocenters. The number of para-hydroxylation sites is 1. The summed E-state index contributed by atoms with van der Waals surface area (Å²) >= 11 is 0. The molecule has 0 aliphatic rings. The molecule has 3 aromatic carbocycles. The number of nitrogens with zero attached hydrogens (tertiary/aromatic N) is 3. The Balaban J connectivity index is 1.60. The van der Waals surface area contributed by atoms with Crippen molar-refractivity contribution >= 4 is 12.0 Å². The summed E-state index contributed by atoms with van der Waals surface area (Å²) in [5.74, 6) is 0.307. The van der Waals surface area contributed by atoms with Gasteiger partial charge in [0.05, 0.1) is 11.4 Å². The van der Waals surface area contributed by atoms with Gasteiger partial charge in [0.2, 0.25) is 0 Å². The molecule has 0 spiro atoms. The van der Waals surface area contributed by atoms with E-state index >= 15 is 0 Å². The number of ether oxygens (including phenoxy) is 2. The summed E-state index contributed by atoms with van der Waals surface area (Å²) in [4.78, 5) is 12.6. The lowest BCUT2D eigenvalue weighted by molar-refractivity contribution is -0.117. The maximum atomic E-state index is 12.6. The molecule has 7 nitrogen and oxygen atoms in total. The molecule has 4 rings (SSSR count). The highest BCUT2D eigenvalue weighted by Gasteiger charge is 2.15. The number of benzene rings is 3. The quantitative estimate of drug-likeness (QED) is 0.177. The molecule has 0 aliphatic heterocycles. The topological polar surface area (TPSA) is 89.2 Å². The van der Waals surface area contributed by atoms with Gasteiger partial charge in [0, 0.05) is 37.6 Å². The van der Waals surface area contributed by atoms with Crippen LogP contribution >= 0.6 is 0 Å². The van der Waals surface area contributed by atoms with Crippen LogP contribution in [0.25, 0.3) is 23.0 Å². The van der Waals surface area contributed by atoms with Crippen LogP contribution in [0.2, 0.25) is 0 Å². The molecule has 0 bridgehead atoms. The molecule has 0 aliphatic carbocycles. The van der Waals surface area contributed by atoms with Crippen molar-refractivity contribution in [3.63, 3.8) is 0 Å². The van der Waals surface area contributed by atoms with Crippen molar-refractivity contribution in [3.05, 3.63) is 108 Å². The van der Waals surface area contributed by atoms with Gasteiger partial charge in [0.1, 0.15) is 24.0 Å². The summed E-state index contributed by atoms with van der Waals surface area (Å²) in [6.45, 7) is 1.43. The minimum atomic E-state index is -0.429. The van der Waals surface area contributed by atoms with Gasteiger partial charge in [-0.15, -0.1) is 0 Å². The molecule has 0 saturated carbocycles. The van der Waals surface area contributed by atoms with Crippen molar-refractivity contribution in [1.82, 2.24) is 15.1 Å². The molecule has 1 aromatic heterocycles. The number of hydrogen-bond acceptors (Lipinski definition) is 5. The summed E-state index contributed by atoms with van der Waals surface area (Å²) in [5.41, 5.74) is 4.11. The molecular weight excluding hydrogens is 464 g/mol. The highest BCUT2D eigenvalue weighted by Crippen LogP contribution is 2.28. The molecule has 37 heavy (non-hydrogen) atoms. The minimum Gasteiger partial charge on any atom is -0.489 e. The second-order valence-corrected chi connectivity index (χ2v) is 8.28. The average Bonchev–Trinajstić information content (AvgIpc) is 3.38. The van der Waals surface area contributed by atoms with Crippen LogP contribution in [0, 0.1) is 11.3 Å². The van der Waals surface area contributed by atoms with Crippen LogP contribution in [-0.4, -0.2) is 35.9 Å². The first-order valence-electron chi connectivity index (χ1n) is 12.0. The molecule has 0 radical (unpaired) electrons. The fourth-order valence-corrected chi connectivity index (χ4v) is 3.70. The smallest absolute Gasteiger partial charge is 0.261 e. The number of carbonyl (C=O) groups is 1. The third kappa shape index (κ3) is 6.94. The Bertz CT molecular complexity index is 1370. The number of carbonyl (C=O) groups excluding carboxylic acids is 1. The number of hydrogen-bond donors (Lipinski definition) is 1. The Morgan fingerprint density at radius 1 is 1.03 bits per heavy atom. The number of nitrogens with one attached hydrogen (secondary N) is 1. The lowest BCUT2D eigenvalue weighted by Crippen LogP contribution is -2.26. The molecule has 0 saturated heterocycles. The second-order valence-electron chi connectivity index (χ2n) is 8.28. The van der Waals surface area contributed by atoms with E-state index in [-0.39, 0.29) is 5.57 Å². The summed E-state index contributed by atoms with van der Waals surface area (Å²) < 4.78 is 12.7. The van der Waals surface area contributed by atoms with Crippen molar-refractivity contribution in [3.8, 4) is 28.8 Å². The lowest BCUT2D eigenvalue weighted by Gasteiger charge is -2.07. The van der Waals surface area contributed by atoms with Crippen LogP contribution in [0.15, 0.2) is 96.7 Å². The Kier molecular flexibility index (Phi) is 8.84. The molecule has 7 heteroatoms. The average molecular weight is 493 g/mol. The second kappa shape index (κ2) is 12.9. The van der Waals surface area contributed by atoms with Gasteiger partial charge in [-0.1, -0.05) is 48.5 Å². The lowest BCUT2D eigenvalue weighted by atomic mass is 10.1. The Hall–Kier alpha value is -4.67. The van der Waals surface area contributed by atoms with E-state index in [1.54, 1.807) is 17.9 Å². The van der Waals surface area contributed by atoms with Crippen LogP contribution < -0.4 is 10.1 Å². The normalized spacial score (nSPS) is 11.1. The van der Waals surface area contributed by atoms with Gasteiger partial charge in [-0.25, -0.2) is 4.68 Å². The van der Waals surface area contributed by atoms with Crippen molar-refractivity contribution < 1.29 is 14.3 Å². The standard InChI is InChI=1S/C30H28N4O3/c1-36-18-8-17-32-30(35)25(20-31)19-26-21-34(27-11-6-3-7-12-27)33-29(26)24-13-15-28(16-14-24)37-22-23-9-4-2-5-10-23/h2-7,9-16,19,21H,8,17-18,22H2,1H3,(H,32,35). The SMILES string of the molecule is COCCCNC(=O)C(C#N)=Cc1cn(-c2ccccc2)nc1-c1ccc(OCc2ccccc2)cc1. The van der Waals surface area contributed by atoms with Crippen molar-refractivity contribution in [2.45, 2.75) is 13.0 Å². The Labute approximate surface area is 216 Å². The van der Waals surface area contributed by atoms with Gasteiger partial charge < -0.3 is 14.8 Å². The molecular formula is C30H28N4O3. The predicted octanol–water partition coefficient (Wildman–Crippen LogP) is 5.18. The number of amides is 1. The van der Waals surface area contributed by atoms with Gasteiger partial charge in [0.25, 0.3) is 5.91 Å². The van der Waals surface area contributed by atoms with Gasteiger partial charge in [-0.3, -0.25) is 4.79 Å². The Morgan fingerprint density at radius 2 is 1.73 bits per heavy atom. The zero-order chi connectivity index (χ0) is 25.9. The summed E-state index contributed by atoms with van der Waals surface area (Å²) in [7, 11) is 1.61. The zero-order valence-electron chi connectivity index (χ0n) is 20.6. The molecule has 0 unspecified atom stereocenters. The van der Waals surface area contributed by atoms with Crippen LogP contribution in [0.3, 0.4) is 0 Å². The van der Waals surface area contributed by atoms with Crippen LogP contribution in [0.5, 0.6) is 5.75 Å². The third-order valence-corrected chi connectivity index (χ3v) is 5.62. The van der Waals surface area contributed by atoms with Crippen LogP contribution in [-0.2, 0) is 16.1 Å². The molecule has 1 heterocycles. The van der Waals surface area contributed by atoms with Gasteiger partial charge in [0.15, 0.2) is 0 Å². The van der Waals surface area contributed by atoms with E-state index in [9.17, 15) is 10.1 Å². The molecule has 186 valence electrons. The van der Waals surface area contributed by atoms with Crippen LogP contribution in [0.4, 0.5) is 0 Å². The molecule has 1 amide bonds. The van der Waals surface area contributed by atoms with Gasteiger partial charge >= 0.3 is 0 Å². The monoisotopic (exact) mass is 492 g/mol. The predicted molar refractivity (Wildman–Crippen MR) is 143 cm³/mol. The minimum absolute atomic E-state index is 0.00842. The molecule has 1 N–H and O–H groups in total. The number of nitriles is 1. The van der Waals surface area contributed by atoms with E-state index in [1.807, 2.05) is 97.2 Å². The first kappa shape index (κ1) is 25.4.